The summed E-state index contributed by atoms with van der Waals surface area (Å²) in [6.45, 7) is 5.16. The van der Waals surface area contributed by atoms with Gasteiger partial charge in [0.15, 0.2) is 0 Å². The van der Waals surface area contributed by atoms with E-state index >= 15 is 0 Å². The van der Waals surface area contributed by atoms with Gasteiger partial charge in [0.05, 0.1) is 32.0 Å². The highest BCUT2D eigenvalue weighted by Gasteiger charge is 2.45. The first-order valence-electron chi connectivity index (χ1n) is 12.0. The van der Waals surface area contributed by atoms with Crippen LogP contribution in [0.4, 0.5) is 0 Å². The first-order valence-corrected chi connectivity index (χ1v) is 12.3. The normalized spacial score (nSPS) is 24.8. The highest BCUT2D eigenvalue weighted by Crippen LogP contribution is 2.41. The van der Waals surface area contributed by atoms with E-state index < -0.39 is 0 Å². The maximum atomic E-state index is 9.78. The molecular formula is C29H33ClO4. The molecule has 0 aromatic heterocycles. The molecule has 1 aliphatic heterocycles. The Morgan fingerprint density at radius 1 is 0.853 bits per heavy atom. The van der Waals surface area contributed by atoms with Gasteiger partial charge in [-0.15, -0.1) is 0 Å². The number of aliphatic hydroxyl groups excluding tert-OH is 1. The summed E-state index contributed by atoms with van der Waals surface area (Å²) >= 11 is 6.28. The van der Waals surface area contributed by atoms with Crippen molar-refractivity contribution in [1.82, 2.24) is 0 Å². The van der Waals surface area contributed by atoms with E-state index in [1.807, 2.05) is 54.6 Å². The Balaban J connectivity index is 1.65. The van der Waals surface area contributed by atoms with E-state index in [0.717, 1.165) is 23.1 Å². The fraction of sp³-hybridized carbons (Fsp3) is 0.379. The minimum atomic E-state index is -0.340. The molecule has 0 aliphatic carbocycles. The number of hydrogen-bond donors (Lipinski definition) is 1. The van der Waals surface area contributed by atoms with Crippen molar-refractivity contribution in [2.75, 3.05) is 0 Å². The zero-order chi connectivity index (χ0) is 23.9. The molecule has 1 heterocycles. The molecule has 1 saturated heterocycles. The van der Waals surface area contributed by atoms with Crippen LogP contribution in [0.15, 0.2) is 78.9 Å². The largest absolute Gasteiger partial charge is 0.392 e. The Morgan fingerprint density at radius 3 is 2.00 bits per heavy atom. The molecule has 0 saturated carbocycles. The zero-order valence-corrected chi connectivity index (χ0v) is 20.5. The highest BCUT2D eigenvalue weighted by atomic mass is 35.5. The lowest BCUT2D eigenvalue weighted by molar-refractivity contribution is -0.234. The third-order valence-corrected chi connectivity index (χ3v) is 6.96. The third kappa shape index (κ3) is 5.88. The van der Waals surface area contributed by atoms with E-state index in [9.17, 15) is 5.11 Å². The molecule has 4 rings (SSSR count). The quantitative estimate of drug-likeness (QED) is 0.380. The topological polar surface area (TPSA) is 47.9 Å². The lowest BCUT2D eigenvalue weighted by Gasteiger charge is -2.46. The fourth-order valence-electron chi connectivity index (χ4n) is 4.66. The van der Waals surface area contributed by atoms with Crippen LogP contribution in [0, 0.1) is 5.92 Å². The SMILES string of the molecule is CC[C@H]1O[C@@H](c2ccc(Cl)c(CO)c2)[C@H](OCc2ccccc2)[C@@H](OCc2ccccc2)[C@@H]1C. The lowest BCUT2D eigenvalue weighted by atomic mass is 9.84. The van der Waals surface area contributed by atoms with Gasteiger partial charge in [0.2, 0.25) is 0 Å². The van der Waals surface area contributed by atoms with Gasteiger partial charge < -0.3 is 19.3 Å². The number of ether oxygens (including phenoxy) is 3. The fourth-order valence-corrected chi connectivity index (χ4v) is 4.84. The van der Waals surface area contributed by atoms with Crippen molar-refractivity contribution in [1.29, 1.82) is 0 Å². The molecule has 0 bridgehead atoms. The van der Waals surface area contributed by atoms with Gasteiger partial charge in [-0.1, -0.05) is 92.2 Å². The maximum Gasteiger partial charge on any atom is 0.115 e. The van der Waals surface area contributed by atoms with Crippen LogP contribution in [0.25, 0.3) is 0 Å². The van der Waals surface area contributed by atoms with E-state index in [2.05, 4.69) is 38.1 Å². The molecule has 34 heavy (non-hydrogen) atoms. The molecular weight excluding hydrogens is 448 g/mol. The first-order chi connectivity index (χ1) is 16.6. The predicted molar refractivity (Wildman–Crippen MR) is 134 cm³/mol. The van der Waals surface area contributed by atoms with E-state index in [-0.39, 0.29) is 36.9 Å². The molecule has 0 unspecified atom stereocenters. The van der Waals surface area contributed by atoms with Gasteiger partial charge in [0.25, 0.3) is 0 Å². The molecule has 180 valence electrons. The predicted octanol–water partition coefficient (Wildman–Crippen LogP) is 6.49. The van der Waals surface area contributed by atoms with Crippen LogP contribution in [-0.4, -0.2) is 23.4 Å². The Bertz CT molecular complexity index is 1030. The second kappa shape index (κ2) is 12.0. The van der Waals surface area contributed by atoms with E-state index in [0.29, 0.717) is 23.8 Å². The van der Waals surface area contributed by atoms with Crippen LogP contribution in [0.1, 0.15) is 48.6 Å². The first kappa shape index (κ1) is 24.9. The van der Waals surface area contributed by atoms with Crippen molar-refractivity contribution in [2.45, 2.75) is 64.5 Å². The van der Waals surface area contributed by atoms with Crippen LogP contribution < -0.4 is 0 Å². The van der Waals surface area contributed by atoms with Gasteiger partial charge in [-0.05, 0) is 40.8 Å². The van der Waals surface area contributed by atoms with Crippen molar-refractivity contribution in [2.24, 2.45) is 5.92 Å². The summed E-state index contributed by atoms with van der Waals surface area (Å²) in [5.74, 6) is 0.148. The molecule has 1 aliphatic rings. The second-order valence-electron chi connectivity index (χ2n) is 8.89. The Morgan fingerprint density at radius 2 is 1.44 bits per heavy atom. The minimum absolute atomic E-state index is 0.0237. The average Bonchev–Trinajstić information content (AvgIpc) is 2.88. The molecule has 5 heteroatoms. The molecule has 0 amide bonds. The number of hydrogen-bond acceptors (Lipinski definition) is 4. The van der Waals surface area contributed by atoms with Gasteiger partial charge >= 0.3 is 0 Å². The Hall–Kier alpha value is -2.21. The number of rotatable bonds is 9. The molecule has 1 fully saturated rings. The standard InChI is InChI=1S/C29H33ClO4/c1-3-26-20(2)27(32-18-21-10-6-4-7-11-21)29(33-19-22-12-8-5-9-13-22)28(34-26)23-14-15-25(30)24(16-23)17-31/h4-16,20,26-29,31H,3,17-19H2,1-2H3/t20-,26-,27+,28+,29-/m1/s1. The van der Waals surface area contributed by atoms with Gasteiger partial charge in [-0.3, -0.25) is 0 Å². The van der Waals surface area contributed by atoms with Crippen molar-refractivity contribution in [3.63, 3.8) is 0 Å². The van der Waals surface area contributed by atoms with Crippen molar-refractivity contribution in [3.05, 3.63) is 106 Å². The summed E-state index contributed by atoms with van der Waals surface area (Å²) in [4.78, 5) is 0. The lowest BCUT2D eigenvalue weighted by Crippen LogP contribution is -2.51. The van der Waals surface area contributed by atoms with Crippen LogP contribution in [0.2, 0.25) is 5.02 Å². The third-order valence-electron chi connectivity index (χ3n) is 6.59. The molecule has 5 atom stereocenters. The monoisotopic (exact) mass is 480 g/mol. The van der Waals surface area contributed by atoms with E-state index in [1.54, 1.807) is 0 Å². The molecule has 3 aromatic carbocycles. The summed E-state index contributed by atoms with van der Waals surface area (Å²) in [6.07, 6.45) is 0.0634. The van der Waals surface area contributed by atoms with Crippen LogP contribution in [-0.2, 0) is 34.0 Å². The van der Waals surface area contributed by atoms with Crippen molar-refractivity contribution < 1.29 is 19.3 Å². The van der Waals surface area contributed by atoms with Crippen LogP contribution >= 0.6 is 11.6 Å². The number of aliphatic hydroxyl groups is 1. The average molecular weight is 481 g/mol. The molecule has 1 N–H and O–H groups in total. The Kier molecular flexibility index (Phi) is 8.76. The molecule has 4 nitrogen and oxygen atoms in total. The highest BCUT2D eigenvalue weighted by molar-refractivity contribution is 6.31. The summed E-state index contributed by atoms with van der Waals surface area (Å²) in [6, 6.07) is 26.0. The van der Waals surface area contributed by atoms with Gasteiger partial charge in [0, 0.05) is 10.9 Å². The zero-order valence-electron chi connectivity index (χ0n) is 19.8. The van der Waals surface area contributed by atoms with Crippen molar-refractivity contribution >= 4 is 11.6 Å². The van der Waals surface area contributed by atoms with E-state index in [4.69, 9.17) is 25.8 Å². The Labute approximate surface area is 207 Å². The summed E-state index contributed by atoms with van der Waals surface area (Å²) in [5.41, 5.74) is 3.84. The second-order valence-corrected chi connectivity index (χ2v) is 9.30. The van der Waals surface area contributed by atoms with Crippen molar-refractivity contribution in [3.8, 4) is 0 Å². The minimum Gasteiger partial charge on any atom is -0.392 e. The van der Waals surface area contributed by atoms with Gasteiger partial charge in [0.1, 0.15) is 12.2 Å². The van der Waals surface area contributed by atoms with E-state index in [1.165, 1.54) is 0 Å². The van der Waals surface area contributed by atoms with Crippen LogP contribution in [0.3, 0.4) is 0 Å². The van der Waals surface area contributed by atoms with Gasteiger partial charge in [-0.2, -0.15) is 0 Å². The van der Waals surface area contributed by atoms with Crippen LogP contribution in [0.5, 0.6) is 0 Å². The summed E-state index contributed by atoms with van der Waals surface area (Å²) in [5, 5.41) is 10.3. The molecule has 0 radical (unpaired) electrons. The number of benzene rings is 3. The van der Waals surface area contributed by atoms with Gasteiger partial charge in [-0.25, -0.2) is 0 Å². The number of halogens is 1. The molecule has 0 spiro atoms. The summed E-state index contributed by atoms with van der Waals surface area (Å²) in [7, 11) is 0. The maximum absolute atomic E-state index is 9.78. The molecule has 3 aromatic rings. The smallest absolute Gasteiger partial charge is 0.115 e. The summed E-state index contributed by atoms with van der Waals surface area (Å²) < 4.78 is 19.8.